The summed E-state index contributed by atoms with van der Waals surface area (Å²) in [6.45, 7) is 10.6. The van der Waals surface area contributed by atoms with E-state index in [1.807, 2.05) is 6.07 Å². The number of halogens is 1. The molecule has 3 rings (SSSR count). The van der Waals surface area contributed by atoms with Crippen molar-refractivity contribution in [3.8, 4) is 0 Å². The molecule has 31 heavy (non-hydrogen) atoms. The smallest absolute Gasteiger partial charge is 0.321 e. The first kappa shape index (κ1) is 22.8. The fraction of sp³-hybridized carbons (Fsp3) is 0.440. The highest BCUT2D eigenvalue weighted by Crippen LogP contribution is 2.32. The zero-order valence-corrected chi connectivity index (χ0v) is 18.8. The molecule has 1 saturated heterocycles. The van der Waals surface area contributed by atoms with Crippen molar-refractivity contribution in [3.05, 3.63) is 65.0 Å². The maximum absolute atomic E-state index is 13.2. The van der Waals surface area contributed by atoms with Gasteiger partial charge in [0.1, 0.15) is 5.82 Å². The van der Waals surface area contributed by atoms with E-state index in [0.717, 1.165) is 16.8 Å². The van der Waals surface area contributed by atoms with E-state index in [9.17, 15) is 14.0 Å². The minimum absolute atomic E-state index is 0.130. The molecule has 0 aliphatic carbocycles. The first-order valence-electron chi connectivity index (χ1n) is 11.0. The Labute approximate surface area is 184 Å². The zero-order valence-electron chi connectivity index (χ0n) is 18.8. The number of carbonyl (C=O) groups is 2. The predicted octanol–water partition coefficient (Wildman–Crippen LogP) is 5.45. The Hall–Kier alpha value is -2.89. The van der Waals surface area contributed by atoms with Gasteiger partial charge < -0.3 is 15.1 Å². The third kappa shape index (κ3) is 5.43. The molecule has 0 radical (unpaired) electrons. The summed E-state index contributed by atoms with van der Waals surface area (Å²) in [6, 6.07) is 11.6. The molecule has 0 spiro atoms. The van der Waals surface area contributed by atoms with E-state index in [2.05, 4.69) is 45.1 Å². The van der Waals surface area contributed by atoms with Crippen molar-refractivity contribution < 1.29 is 14.0 Å². The average molecular weight is 426 g/mol. The molecule has 1 fully saturated rings. The van der Waals surface area contributed by atoms with Crippen LogP contribution in [-0.2, 0) is 0 Å². The molecular weight excluding hydrogens is 393 g/mol. The van der Waals surface area contributed by atoms with Crippen LogP contribution in [0.2, 0.25) is 0 Å². The number of anilines is 1. The lowest BCUT2D eigenvalue weighted by Crippen LogP contribution is -2.39. The van der Waals surface area contributed by atoms with Gasteiger partial charge in [0.25, 0.3) is 5.91 Å². The normalized spacial score (nSPS) is 14.7. The van der Waals surface area contributed by atoms with Gasteiger partial charge >= 0.3 is 6.03 Å². The van der Waals surface area contributed by atoms with E-state index in [-0.39, 0.29) is 17.8 Å². The number of hydrogen-bond acceptors (Lipinski definition) is 2. The average Bonchev–Trinajstić information content (AvgIpc) is 3.00. The van der Waals surface area contributed by atoms with Crippen molar-refractivity contribution in [1.82, 2.24) is 9.80 Å². The molecule has 166 valence electrons. The van der Waals surface area contributed by atoms with Gasteiger partial charge in [-0.2, -0.15) is 0 Å². The van der Waals surface area contributed by atoms with Crippen LogP contribution in [0, 0.1) is 5.82 Å². The summed E-state index contributed by atoms with van der Waals surface area (Å²) in [5.74, 6) is 0.0936. The van der Waals surface area contributed by atoms with Crippen molar-refractivity contribution >= 4 is 17.6 Å². The summed E-state index contributed by atoms with van der Waals surface area (Å²) in [5.41, 5.74) is 3.62. The van der Waals surface area contributed by atoms with Crippen LogP contribution in [-0.4, -0.2) is 47.9 Å². The zero-order chi connectivity index (χ0) is 22.5. The molecule has 1 aliphatic heterocycles. The lowest BCUT2D eigenvalue weighted by molar-refractivity contribution is 0.0762. The van der Waals surface area contributed by atoms with Crippen LogP contribution in [0.1, 0.15) is 67.4 Å². The Morgan fingerprint density at radius 1 is 0.839 bits per heavy atom. The molecule has 0 saturated carbocycles. The summed E-state index contributed by atoms with van der Waals surface area (Å²) >= 11 is 0. The van der Waals surface area contributed by atoms with Gasteiger partial charge in [0.15, 0.2) is 0 Å². The lowest BCUT2D eigenvalue weighted by atomic mass is 9.93. The van der Waals surface area contributed by atoms with Gasteiger partial charge in [-0.15, -0.1) is 0 Å². The van der Waals surface area contributed by atoms with E-state index in [1.54, 1.807) is 9.80 Å². The number of carbonyl (C=O) groups excluding carboxylic acids is 2. The highest BCUT2D eigenvalue weighted by atomic mass is 19.1. The van der Waals surface area contributed by atoms with Crippen molar-refractivity contribution in [2.24, 2.45) is 0 Å². The Bertz CT molecular complexity index is 899. The highest BCUT2D eigenvalue weighted by Gasteiger charge is 2.24. The summed E-state index contributed by atoms with van der Waals surface area (Å²) in [5, 5.41) is 3.16. The molecule has 0 bridgehead atoms. The summed E-state index contributed by atoms with van der Waals surface area (Å²) in [7, 11) is 0. The second-order valence-corrected chi connectivity index (χ2v) is 8.69. The minimum Gasteiger partial charge on any atom is -0.337 e. The number of nitrogens with zero attached hydrogens (tertiary/aromatic N) is 2. The third-order valence-corrected chi connectivity index (χ3v) is 5.77. The minimum atomic E-state index is -0.363. The second-order valence-electron chi connectivity index (χ2n) is 8.69. The van der Waals surface area contributed by atoms with Gasteiger partial charge in [-0.05, 0) is 53.6 Å². The van der Waals surface area contributed by atoms with E-state index in [0.29, 0.717) is 50.0 Å². The number of benzene rings is 2. The van der Waals surface area contributed by atoms with Crippen molar-refractivity contribution in [3.63, 3.8) is 0 Å². The number of amides is 3. The van der Waals surface area contributed by atoms with Gasteiger partial charge in [-0.25, -0.2) is 9.18 Å². The first-order chi connectivity index (χ1) is 14.8. The fourth-order valence-corrected chi connectivity index (χ4v) is 3.98. The quantitative estimate of drug-likeness (QED) is 0.708. The van der Waals surface area contributed by atoms with Crippen LogP contribution in [0.25, 0.3) is 0 Å². The SMILES string of the molecule is CC(C)c1cccc(C(C)C)c1NC(=O)N1CCCN(C(=O)c2ccc(F)cc2)CC1. The molecule has 2 aromatic rings. The van der Waals surface area contributed by atoms with Crippen LogP contribution in [0.4, 0.5) is 14.9 Å². The van der Waals surface area contributed by atoms with E-state index >= 15 is 0 Å². The number of nitrogens with one attached hydrogen (secondary N) is 1. The molecule has 6 heteroatoms. The topological polar surface area (TPSA) is 52.7 Å². The molecule has 5 nitrogen and oxygen atoms in total. The molecular formula is C25H32FN3O2. The Morgan fingerprint density at radius 3 is 1.97 bits per heavy atom. The van der Waals surface area contributed by atoms with Crippen LogP contribution < -0.4 is 5.32 Å². The number of para-hydroxylation sites is 1. The molecule has 0 unspecified atom stereocenters. The van der Waals surface area contributed by atoms with Crippen molar-refractivity contribution in [2.75, 3.05) is 31.5 Å². The molecule has 1 heterocycles. The molecule has 0 aromatic heterocycles. The summed E-state index contributed by atoms with van der Waals surface area (Å²) < 4.78 is 13.2. The summed E-state index contributed by atoms with van der Waals surface area (Å²) in [4.78, 5) is 29.4. The Morgan fingerprint density at radius 2 is 1.39 bits per heavy atom. The molecule has 0 atom stereocenters. The predicted molar refractivity (Wildman–Crippen MR) is 122 cm³/mol. The van der Waals surface area contributed by atoms with Crippen molar-refractivity contribution in [1.29, 1.82) is 0 Å². The van der Waals surface area contributed by atoms with Crippen LogP contribution >= 0.6 is 0 Å². The molecule has 3 amide bonds. The standard InChI is InChI=1S/C25H32FN3O2/c1-17(2)21-7-5-8-22(18(3)4)23(21)27-25(31)29-14-6-13-28(15-16-29)24(30)19-9-11-20(26)12-10-19/h5,7-12,17-18H,6,13-16H2,1-4H3,(H,27,31). The largest absolute Gasteiger partial charge is 0.337 e. The number of hydrogen-bond donors (Lipinski definition) is 1. The second kappa shape index (κ2) is 9.94. The summed E-state index contributed by atoms with van der Waals surface area (Å²) in [6.07, 6.45) is 0.698. The van der Waals surface area contributed by atoms with E-state index in [4.69, 9.17) is 0 Å². The lowest BCUT2D eigenvalue weighted by Gasteiger charge is -2.25. The van der Waals surface area contributed by atoms with E-state index in [1.165, 1.54) is 24.3 Å². The van der Waals surface area contributed by atoms with Crippen LogP contribution in [0.15, 0.2) is 42.5 Å². The number of rotatable bonds is 4. The molecule has 2 aromatic carbocycles. The van der Waals surface area contributed by atoms with Crippen molar-refractivity contribution in [2.45, 2.75) is 46.0 Å². The maximum Gasteiger partial charge on any atom is 0.321 e. The Balaban J connectivity index is 1.70. The monoisotopic (exact) mass is 425 g/mol. The maximum atomic E-state index is 13.2. The van der Waals surface area contributed by atoms with Crippen LogP contribution in [0.5, 0.6) is 0 Å². The molecule has 1 aliphatic rings. The van der Waals surface area contributed by atoms with Gasteiger partial charge in [0.2, 0.25) is 0 Å². The highest BCUT2D eigenvalue weighted by molar-refractivity contribution is 5.94. The van der Waals surface area contributed by atoms with Gasteiger partial charge in [0, 0.05) is 37.4 Å². The van der Waals surface area contributed by atoms with Gasteiger partial charge in [0.05, 0.1) is 0 Å². The number of urea groups is 1. The van der Waals surface area contributed by atoms with Gasteiger partial charge in [-0.3, -0.25) is 4.79 Å². The van der Waals surface area contributed by atoms with E-state index < -0.39 is 0 Å². The third-order valence-electron chi connectivity index (χ3n) is 5.77. The molecule has 1 N–H and O–H groups in total. The first-order valence-corrected chi connectivity index (χ1v) is 11.0. The fourth-order valence-electron chi connectivity index (χ4n) is 3.98. The van der Waals surface area contributed by atoms with Gasteiger partial charge in [-0.1, -0.05) is 45.9 Å². The Kier molecular flexibility index (Phi) is 7.31. The van der Waals surface area contributed by atoms with Crippen LogP contribution in [0.3, 0.4) is 0 Å².